The van der Waals surface area contributed by atoms with Crippen molar-refractivity contribution in [2.24, 2.45) is 0 Å². The Labute approximate surface area is 140 Å². The summed E-state index contributed by atoms with van der Waals surface area (Å²) in [5.41, 5.74) is 0. The number of H-pyrrole nitrogens is 1. The molecule has 1 aromatic rings. The van der Waals surface area contributed by atoms with Crippen LogP contribution in [0.5, 0.6) is 0 Å². The van der Waals surface area contributed by atoms with Crippen molar-refractivity contribution in [3.05, 3.63) is 18.0 Å². The average molecular weight is 339 g/mol. The first-order chi connectivity index (χ1) is 11.2. The summed E-state index contributed by atoms with van der Waals surface area (Å²) in [5, 5.41) is 23.4. The molecule has 0 aromatic carbocycles. The van der Waals surface area contributed by atoms with Gasteiger partial charge in [-0.05, 0) is 25.0 Å². The van der Waals surface area contributed by atoms with Gasteiger partial charge in [-0.3, -0.25) is 4.79 Å². The van der Waals surface area contributed by atoms with E-state index >= 15 is 0 Å². The van der Waals surface area contributed by atoms with E-state index < -0.39 is 6.10 Å². The molecule has 8 heteroatoms. The Balaban J connectivity index is 1.64. The number of aryl methyl sites for hydroxylation is 1. The number of amides is 1. The molecule has 23 heavy (non-hydrogen) atoms. The third-order valence-corrected chi connectivity index (χ3v) is 4.95. The highest BCUT2D eigenvalue weighted by Gasteiger charge is 2.28. The van der Waals surface area contributed by atoms with Gasteiger partial charge in [-0.25, -0.2) is 0 Å². The van der Waals surface area contributed by atoms with Crippen LogP contribution < -0.4 is 0 Å². The summed E-state index contributed by atoms with van der Waals surface area (Å²) in [6, 6.07) is 0.142. The zero-order valence-electron chi connectivity index (χ0n) is 13.5. The van der Waals surface area contributed by atoms with Crippen LogP contribution in [0.4, 0.5) is 0 Å². The van der Waals surface area contributed by atoms with E-state index in [-0.39, 0.29) is 11.9 Å². The number of carbonyl (C=O) groups excluding carboxylic acids is 1. The van der Waals surface area contributed by atoms with Gasteiger partial charge in [0.2, 0.25) is 5.91 Å². The molecule has 0 spiro atoms. The molecule has 1 fully saturated rings. The number of tetrazole rings is 1. The van der Waals surface area contributed by atoms with E-state index in [2.05, 4.69) is 20.6 Å². The summed E-state index contributed by atoms with van der Waals surface area (Å²) < 4.78 is 0. The number of nitrogens with one attached hydrogen (secondary N) is 1. The number of aromatic amines is 1. The van der Waals surface area contributed by atoms with Crippen LogP contribution in [0, 0.1) is 0 Å². The zero-order valence-corrected chi connectivity index (χ0v) is 14.3. The molecule has 128 valence electrons. The van der Waals surface area contributed by atoms with Crippen molar-refractivity contribution < 1.29 is 9.90 Å². The van der Waals surface area contributed by atoms with E-state index in [1.165, 1.54) is 0 Å². The fourth-order valence-corrected chi connectivity index (χ4v) is 3.40. The maximum Gasteiger partial charge on any atom is 0.223 e. The standard InChI is InChI=1S/C15H25N5O2S/c1-2-13(21)7-5-12-6-8-15(22)20(12)9-11-23-10-3-4-14-16-18-19-17-14/h5,7,12-13,21H,2-4,6,8-11H2,1H3,(H,16,17,18,19)/b7-5+/t12-,13-/m0/s1. The largest absolute Gasteiger partial charge is 0.389 e. The first kappa shape index (κ1) is 17.9. The van der Waals surface area contributed by atoms with Crippen molar-refractivity contribution in [3.8, 4) is 0 Å². The van der Waals surface area contributed by atoms with Crippen LogP contribution in [0.3, 0.4) is 0 Å². The summed E-state index contributed by atoms with van der Waals surface area (Å²) in [5.74, 6) is 2.92. The SMILES string of the molecule is CC[C@H](O)/C=C/[C@H]1CCC(=O)N1CCSCCCc1nn[nH]n1. The van der Waals surface area contributed by atoms with Crippen LogP contribution in [-0.4, -0.2) is 66.7 Å². The minimum absolute atomic E-state index is 0.142. The molecule has 1 amide bonds. The summed E-state index contributed by atoms with van der Waals surface area (Å²) in [6.07, 6.45) is 7.39. The fraction of sp³-hybridized carbons (Fsp3) is 0.733. The number of likely N-dealkylation sites (tertiary alicyclic amines) is 1. The molecule has 1 aliphatic heterocycles. The van der Waals surface area contributed by atoms with Crippen LogP contribution >= 0.6 is 11.8 Å². The Kier molecular flexibility index (Phi) is 7.54. The van der Waals surface area contributed by atoms with Gasteiger partial charge >= 0.3 is 0 Å². The normalized spacial score (nSPS) is 19.8. The van der Waals surface area contributed by atoms with Crippen LogP contribution in [0.1, 0.15) is 38.4 Å². The van der Waals surface area contributed by atoms with Gasteiger partial charge in [0.05, 0.1) is 12.1 Å². The second-order valence-electron chi connectivity index (χ2n) is 5.60. The Bertz CT molecular complexity index is 494. The van der Waals surface area contributed by atoms with E-state index in [4.69, 9.17) is 0 Å². The van der Waals surface area contributed by atoms with Crippen molar-refractivity contribution in [2.45, 2.75) is 51.2 Å². The number of aliphatic hydroxyl groups is 1. The van der Waals surface area contributed by atoms with E-state index in [9.17, 15) is 9.90 Å². The smallest absolute Gasteiger partial charge is 0.223 e. The van der Waals surface area contributed by atoms with Crippen molar-refractivity contribution in [1.82, 2.24) is 25.5 Å². The van der Waals surface area contributed by atoms with Crippen LogP contribution in [0.15, 0.2) is 12.2 Å². The van der Waals surface area contributed by atoms with E-state index in [0.29, 0.717) is 12.8 Å². The predicted molar refractivity (Wildman–Crippen MR) is 90.0 cm³/mol. The van der Waals surface area contributed by atoms with Gasteiger partial charge < -0.3 is 10.0 Å². The zero-order chi connectivity index (χ0) is 16.5. The molecule has 2 atom stereocenters. The van der Waals surface area contributed by atoms with Gasteiger partial charge in [-0.15, -0.1) is 10.2 Å². The lowest BCUT2D eigenvalue weighted by Crippen LogP contribution is -2.34. The third kappa shape index (κ3) is 5.95. The highest BCUT2D eigenvalue weighted by atomic mass is 32.2. The van der Waals surface area contributed by atoms with Crippen LogP contribution in [-0.2, 0) is 11.2 Å². The lowest BCUT2D eigenvalue weighted by Gasteiger charge is -2.22. The fourth-order valence-electron chi connectivity index (χ4n) is 2.52. The molecule has 0 bridgehead atoms. The average Bonchev–Trinajstić information content (AvgIpc) is 3.19. The molecule has 0 radical (unpaired) electrons. The molecule has 0 aliphatic carbocycles. The number of hydrogen-bond donors (Lipinski definition) is 2. The van der Waals surface area contributed by atoms with Gasteiger partial charge in [-0.2, -0.15) is 17.0 Å². The molecular formula is C15H25N5O2S. The highest BCUT2D eigenvalue weighted by molar-refractivity contribution is 7.99. The molecule has 2 rings (SSSR count). The van der Waals surface area contributed by atoms with Gasteiger partial charge in [0.25, 0.3) is 0 Å². The topological polar surface area (TPSA) is 95.0 Å². The lowest BCUT2D eigenvalue weighted by atomic mass is 10.1. The van der Waals surface area contributed by atoms with E-state index in [0.717, 1.165) is 43.1 Å². The molecule has 7 nitrogen and oxygen atoms in total. The van der Waals surface area contributed by atoms with Crippen molar-refractivity contribution >= 4 is 17.7 Å². The number of aliphatic hydroxyl groups excluding tert-OH is 1. The summed E-state index contributed by atoms with van der Waals surface area (Å²) >= 11 is 1.84. The second kappa shape index (κ2) is 9.67. The van der Waals surface area contributed by atoms with Crippen molar-refractivity contribution in [2.75, 3.05) is 18.1 Å². The van der Waals surface area contributed by atoms with Crippen molar-refractivity contribution in [1.29, 1.82) is 0 Å². The number of aromatic nitrogens is 4. The quantitative estimate of drug-likeness (QED) is 0.491. The first-order valence-corrected chi connectivity index (χ1v) is 9.32. The molecular weight excluding hydrogens is 314 g/mol. The Morgan fingerprint density at radius 1 is 1.52 bits per heavy atom. The van der Waals surface area contributed by atoms with Crippen LogP contribution in [0.2, 0.25) is 0 Å². The van der Waals surface area contributed by atoms with Crippen LogP contribution in [0.25, 0.3) is 0 Å². The van der Waals surface area contributed by atoms with Crippen molar-refractivity contribution in [3.63, 3.8) is 0 Å². The summed E-state index contributed by atoms with van der Waals surface area (Å²) in [6.45, 7) is 2.71. The molecule has 1 aromatic heterocycles. The minimum Gasteiger partial charge on any atom is -0.389 e. The van der Waals surface area contributed by atoms with Gasteiger partial charge in [-0.1, -0.05) is 24.3 Å². The maximum atomic E-state index is 12.0. The molecule has 1 aliphatic rings. The van der Waals surface area contributed by atoms with E-state index in [1.807, 2.05) is 35.7 Å². The Morgan fingerprint density at radius 2 is 2.39 bits per heavy atom. The molecule has 1 saturated heterocycles. The lowest BCUT2D eigenvalue weighted by molar-refractivity contribution is -0.128. The third-order valence-electron chi connectivity index (χ3n) is 3.90. The number of rotatable bonds is 10. The summed E-state index contributed by atoms with van der Waals surface area (Å²) in [4.78, 5) is 13.9. The first-order valence-electron chi connectivity index (χ1n) is 8.16. The predicted octanol–water partition coefficient (Wildman–Crippen LogP) is 1.18. The van der Waals surface area contributed by atoms with Gasteiger partial charge in [0, 0.05) is 25.1 Å². The molecule has 0 unspecified atom stereocenters. The van der Waals surface area contributed by atoms with Gasteiger partial charge in [0.1, 0.15) is 0 Å². The number of nitrogens with zero attached hydrogens (tertiary/aromatic N) is 4. The monoisotopic (exact) mass is 339 g/mol. The molecule has 2 N–H and O–H groups in total. The number of thioether (sulfide) groups is 1. The Hall–Kier alpha value is -1.41. The number of carbonyl (C=O) groups is 1. The maximum absolute atomic E-state index is 12.0. The minimum atomic E-state index is -0.410. The second-order valence-corrected chi connectivity index (χ2v) is 6.82. The molecule has 2 heterocycles. The highest BCUT2D eigenvalue weighted by Crippen LogP contribution is 2.21. The number of hydrogen-bond acceptors (Lipinski definition) is 6. The summed E-state index contributed by atoms with van der Waals surface area (Å²) in [7, 11) is 0. The molecule has 0 saturated carbocycles. The Morgan fingerprint density at radius 3 is 3.13 bits per heavy atom. The van der Waals surface area contributed by atoms with Gasteiger partial charge in [0.15, 0.2) is 5.82 Å². The van der Waals surface area contributed by atoms with E-state index in [1.54, 1.807) is 0 Å².